The lowest BCUT2D eigenvalue weighted by Gasteiger charge is -2.18. The van der Waals surface area contributed by atoms with E-state index >= 15 is 0 Å². The second kappa shape index (κ2) is 4.23. The van der Waals surface area contributed by atoms with Crippen molar-refractivity contribution in [1.29, 1.82) is 5.26 Å². The van der Waals surface area contributed by atoms with E-state index in [-0.39, 0.29) is 11.6 Å². The largest absolute Gasteiger partial charge is 0.444 e. The number of nitrogens with zero attached hydrogens (tertiary/aromatic N) is 2. The SMILES string of the molecule is Cc1nc(C#N)c(NC(=O)OC(C)(C)C)o1. The molecular weight excluding hydrogens is 210 g/mol. The van der Waals surface area contributed by atoms with Crippen molar-refractivity contribution in [3.63, 3.8) is 0 Å². The number of hydrogen-bond donors (Lipinski definition) is 1. The Labute approximate surface area is 93.2 Å². The summed E-state index contributed by atoms with van der Waals surface area (Å²) in [6, 6.07) is 1.81. The molecule has 0 aliphatic heterocycles. The Kier molecular flexibility index (Phi) is 3.18. The second-order valence-electron chi connectivity index (χ2n) is 4.15. The van der Waals surface area contributed by atoms with Crippen molar-refractivity contribution in [2.45, 2.75) is 33.3 Å². The number of rotatable bonds is 1. The van der Waals surface area contributed by atoms with Gasteiger partial charge in [0.2, 0.25) is 11.6 Å². The highest BCUT2D eigenvalue weighted by Crippen LogP contribution is 2.17. The Hall–Kier alpha value is -2.03. The molecule has 0 fully saturated rings. The summed E-state index contributed by atoms with van der Waals surface area (Å²) in [7, 11) is 0. The fraction of sp³-hybridized carbons (Fsp3) is 0.500. The van der Waals surface area contributed by atoms with Crippen molar-refractivity contribution < 1.29 is 13.9 Å². The van der Waals surface area contributed by atoms with Crippen LogP contribution in [-0.4, -0.2) is 16.7 Å². The third kappa shape index (κ3) is 3.28. The number of ether oxygens (including phenoxy) is 1. The molecule has 1 aromatic rings. The van der Waals surface area contributed by atoms with Crippen LogP contribution in [0.3, 0.4) is 0 Å². The molecule has 6 heteroatoms. The number of hydrogen-bond acceptors (Lipinski definition) is 5. The summed E-state index contributed by atoms with van der Waals surface area (Å²) in [6.07, 6.45) is -0.680. The number of amides is 1. The van der Waals surface area contributed by atoms with Crippen molar-refractivity contribution in [1.82, 2.24) is 4.98 Å². The van der Waals surface area contributed by atoms with Gasteiger partial charge >= 0.3 is 6.09 Å². The first-order valence-electron chi connectivity index (χ1n) is 4.69. The van der Waals surface area contributed by atoms with Crippen LogP contribution in [-0.2, 0) is 4.74 Å². The maximum atomic E-state index is 11.4. The average Bonchev–Trinajstić information content (AvgIpc) is 2.42. The van der Waals surface area contributed by atoms with Gasteiger partial charge in [0.1, 0.15) is 11.7 Å². The van der Waals surface area contributed by atoms with Gasteiger partial charge < -0.3 is 9.15 Å². The van der Waals surface area contributed by atoms with Crippen LogP contribution < -0.4 is 5.32 Å². The zero-order chi connectivity index (χ0) is 12.3. The van der Waals surface area contributed by atoms with E-state index in [0.29, 0.717) is 5.89 Å². The Balaban J connectivity index is 2.74. The molecular formula is C10H13N3O3. The highest BCUT2D eigenvalue weighted by atomic mass is 16.6. The zero-order valence-corrected chi connectivity index (χ0v) is 9.62. The summed E-state index contributed by atoms with van der Waals surface area (Å²) in [5.74, 6) is 0.317. The van der Waals surface area contributed by atoms with Gasteiger partial charge in [-0.25, -0.2) is 9.78 Å². The molecule has 86 valence electrons. The molecule has 1 N–H and O–H groups in total. The molecule has 0 bridgehead atoms. The molecule has 0 unspecified atom stereocenters. The minimum absolute atomic E-state index is 0.00856. The van der Waals surface area contributed by atoms with E-state index in [4.69, 9.17) is 14.4 Å². The summed E-state index contributed by atoms with van der Waals surface area (Å²) >= 11 is 0. The third-order valence-electron chi connectivity index (χ3n) is 1.45. The van der Waals surface area contributed by atoms with Gasteiger partial charge in [-0.05, 0) is 20.8 Å². The van der Waals surface area contributed by atoms with Crippen molar-refractivity contribution in [3.8, 4) is 6.07 Å². The second-order valence-corrected chi connectivity index (χ2v) is 4.15. The van der Waals surface area contributed by atoms with Crippen LogP contribution in [0.15, 0.2) is 4.42 Å². The lowest BCUT2D eigenvalue weighted by atomic mass is 10.2. The summed E-state index contributed by atoms with van der Waals surface area (Å²) in [5.41, 5.74) is -0.574. The number of carbonyl (C=O) groups excluding carboxylic acids is 1. The molecule has 1 heterocycles. The number of nitriles is 1. The van der Waals surface area contributed by atoms with E-state index in [2.05, 4.69) is 10.3 Å². The minimum atomic E-state index is -0.680. The van der Waals surface area contributed by atoms with Crippen LogP contribution in [0, 0.1) is 18.3 Å². The number of carbonyl (C=O) groups is 1. The Morgan fingerprint density at radius 1 is 1.56 bits per heavy atom. The van der Waals surface area contributed by atoms with E-state index in [1.54, 1.807) is 27.7 Å². The van der Waals surface area contributed by atoms with Crippen molar-refractivity contribution in [2.24, 2.45) is 0 Å². The zero-order valence-electron chi connectivity index (χ0n) is 9.62. The molecule has 1 aromatic heterocycles. The maximum Gasteiger partial charge on any atom is 0.414 e. The van der Waals surface area contributed by atoms with Crippen LogP contribution >= 0.6 is 0 Å². The molecule has 0 aliphatic rings. The first-order chi connectivity index (χ1) is 7.31. The summed E-state index contributed by atoms with van der Waals surface area (Å²) in [6.45, 7) is 6.80. The maximum absolute atomic E-state index is 11.4. The molecule has 0 radical (unpaired) electrons. The molecule has 1 amide bonds. The number of oxazole rings is 1. The van der Waals surface area contributed by atoms with Crippen molar-refractivity contribution in [3.05, 3.63) is 11.6 Å². The molecule has 0 aromatic carbocycles. The van der Waals surface area contributed by atoms with Gasteiger partial charge in [-0.2, -0.15) is 5.26 Å². The van der Waals surface area contributed by atoms with Gasteiger partial charge in [-0.1, -0.05) is 0 Å². The van der Waals surface area contributed by atoms with Crippen LogP contribution in [0.2, 0.25) is 0 Å². The molecule has 0 atom stereocenters. The molecule has 0 aliphatic carbocycles. The van der Waals surface area contributed by atoms with Crippen molar-refractivity contribution in [2.75, 3.05) is 5.32 Å². The molecule has 0 saturated carbocycles. The molecule has 16 heavy (non-hydrogen) atoms. The first-order valence-corrected chi connectivity index (χ1v) is 4.69. The fourth-order valence-electron chi connectivity index (χ4n) is 0.984. The lowest BCUT2D eigenvalue weighted by Crippen LogP contribution is -2.27. The highest BCUT2D eigenvalue weighted by Gasteiger charge is 2.19. The van der Waals surface area contributed by atoms with Gasteiger partial charge in [0, 0.05) is 6.92 Å². The summed E-state index contributed by atoms with van der Waals surface area (Å²) < 4.78 is 10.0. The first kappa shape index (κ1) is 12.0. The Bertz CT molecular complexity index is 437. The molecule has 1 rings (SSSR count). The van der Waals surface area contributed by atoms with Gasteiger partial charge in [-0.3, -0.25) is 5.32 Å². The molecule has 0 spiro atoms. The number of aryl methyl sites for hydroxylation is 1. The van der Waals surface area contributed by atoms with E-state index in [1.165, 1.54) is 0 Å². The summed E-state index contributed by atoms with van der Waals surface area (Å²) in [5, 5.41) is 11.0. The van der Waals surface area contributed by atoms with Crippen LogP contribution in [0.4, 0.5) is 10.7 Å². The van der Waals surface area contributed by atoms with Crippen LogP contribution in [0.25, 0.3) is 0 Å². The van der Waals surface area contributed by atoms with E-state index in [0.717, 1.165) is 0 Å². The van der Waals surface area contributed by atoms with Crippen LogP contribution in [0.5, 0.6) is 0 Å². The highest BCUT2D eigenvalue weighted by molar-refractivity contribution is 5.84. The standard InChI is InChI=1S/C10H13N3O3/c1-6-12-7(5-11)8(15-6)13-9(14)16-10(2,3)4/h1-4H3,(H,13,14). The predicted octanol–water partition coefficient (Wildman–Crippen LogP) is 2.20. The average molecular weight is 223 g/mol. The Morgan fingerprint density at radius 2 is 2.19 bits per heavy atom. The summed E-state index contributed by atoms with van der Waals surface area (Å²) in [4.78, 5) is 15.2. The van der Waals surface area contributed by atoms with E-state index in [1.807, 2.05) is 6.07 Å². The van der Waals surface area contributed by atoms with Gasteiger partial charge in [0.15, 0.2) is 5.89 Å². The monoisotopic (exact) mass is 223 g/mol. The number of anilines is 1. The Morgan fingerprint density at radius 3 is 2.69 bits per heavy atom. The molecule has 0 saturated heterocycles. The topological polar surface area (TPSA) is 88.2 Å². The van der Waals surface area contributed by atoms with Gasteiger partial charge in [0.05, 0.1) is 0 Å². The molecule has 6 nitrogen and oxygen atoms in total. The minimum Gasteiger partial charge on any atom is -0.444 e. The fourth-order valence-corrected chi connectivity index (χ4v) is 0.984. The van der Waals surface area contributed by atoms with E-state index in [9.17, 15) is 4.79 Å². The van der Waals surface area contributed by atoms with Crippen molar-refractivity contribution >= 4 is 12.0 Å². The lowest BCUT2D eigenvalue weighted by molar-refractivity contribution is 0.0632. The normalized spacial score (nSPS) is 10.7. The quantitative estimate of drug-likeness (QED) is 0.788. The van der Waals surface area contributed by atoms with Gasteiger partial charge in [0.25, 0.3) is 0 Å². The predicted molar refractivity (Wildman–Crippen MR) is 55.8 cm³/mol. The smallest absolute Gasteiger partial charge is 0.414 e. The van der Waals surface area contributed by atoms with E-state index < -0.39 is 11.7 Å². The van der Waals surface area contributed by atoms with Crippen LogP contribution in [0.1, 0.15) is 32.4 Å². The number of nitrogens with one attached hydrogen (secondary N) is 1. The van der Waals surface area contributed by atoms with Gasteiger partial charge in [-0.15, -0.1) is 0 Å². The third-order valence-corrected chi connectivity index (χ3v) is 1.45. The number of aromatic nitrogens is 1.